The summed E-state index contributed by atoms with van der Waals surface area (Å²) in [5.74, 6) is 1.57. The summed E-state index contributed by atoms with van der Waals surface area (Å²) < 4.78 is 13.2. The van der Waals surface area contributed by atoms with Gasteiger partial charge in [0, 0.05) is 16.7 Å². The average molecular weight is 511 g/mol. The van der Waals surface area contributed by atoms with E-state index in [9.17, 15) is 0 Å². The van der Waals surface area contributed by atoms with Gasteiger partial charge in [0.15, 0.2) is 11.5 Å². The van der Waals surface area contributed by atoms with E-state index in [0.717, 1.165) is 37.2 Å². The SMILES string of the molecule is CCCOc1c(I)cc(CNc2ccc(Br)c(Cl)c2)cc1OC. The molecule has 2 rings (SSSR count). The first-order valence-electron chi connectivity index (χ1n) is 7.23. The van der Waals surface area contributed by atoms with Crippen LogP contribution in [0, 0.1) is 3.57 Å². The summed E-state index contributed by atoms with van der Waals surface area (Å²) in [6, 6.07) is 9.91. The lowest BCUT2D eigenvalue weighted by atomic mass is 10.2. The van der Waals surface area contributed by atoms with Crippen LogP contribution < -0.4 is 14.8 Å². The molecule has 0 radical (unpaired) electrons. The third-order valence-electron chi connectivity index (χ3n) is 3.16. The van der Waals surface area contributed by atoms with Crippen molar-refractivity contribution in [1.29, 1.82) is 0 Å². The molecular formula is C17H18BrClINO2. The van der Waals surface area contributed by atoms with Crippen LogP contribution in [0.4, 0.5) is 5.69 Å². The summed E-state index contributed by atoms with van der Waals surface area (Å²) in [7, 11) is 1.66. The number of benzene rings is 2. The lowest BCUT2D eigenvalue weighted by Crippen LogP contribution is -2.04. The molecule has 0 spiro atoms. The molecule has 0 atom stereocenters. The maximum Gasteiger partial charge on any atom is 0.174 e. The lowest BCUT2D eigenvalue weighted by Gasteiger charge is -2.15. The zero-order valence-electron chi connectivity index (χ0n) is 13.0. The van der Waals surface area contributed by atoms with Crippen LogP contribution in [0.25, 0.3) is 0 Å². The number of nitrogens with one attached hydrogen (secondary N) is 1. The molecule has 0 aliphatic heterocycles. The van der Waals surface area contributed by atoms with Gasteiger partial charge in [0.05, 0.1) is 22.3 Å². The lowest BCUT2D eigenvalue weighted by molar-refractivity contribution is 0.292. The summed E-state index contributed by atoms with van der Waals surface area (Å²) >= 11 is 11.8. The van der Waals surface area contributed by atoms with Gasteiger partial charge >= 0.3 is 0 Å². The van der Waals surface area contributed by atoms with Crippen LogP contribution in [0.1, 0.15) is 18.9 Å². The summed E-state index contributed by atoms with van der Waals surface area (Å²) in [5.41, 5.74) is 2.09. The Morgan fingerprint density at radius 2 is 2.04 bits per heavy atom. The van der Waals surface area contributed by atoms with Crippen LogP contribution >= 0.6 is 50.1 Å². The Morgan fingerprint density at radius 3 is 2.70 bits per heavy atom. The summed E-state index contributed by atoms with van der Waals surface area (Å²) in [4.78, 5) is 0. The number of methoxy groups -OCH3 is 1. The predicted molar refractivity (Wildman–Crippen MR) is 108 cm³/mol. The smallest absolute Gasteiger partial charge is 0.174 e. The molecule has 6 heteroatoms. The van der Waals surface area contributed by atoms with Gasteiger partial charge < -0.3 is 14.8 Å². The van der Waals surface area contributed by atoms with Crippen LogP contribution in [-0.2, 0) is 6.54 Å². The molecule has 124 valence electrons. The van der Waals surface area contributed by atoms with Crippen LogP contribution in [-0.4, -0.2) is 13.7 Å². The Hall–Kier alpha value is -0.660. The molecular weight excluding hydrogens is 492 g/mol. The number of rotatable bonds is 7. The zero-order chi connectivity index (χ0) is 16.8. The Labute approximate surface area is 164 Å². The van der Waals surface area contributed by atoms with E-state index >= 15 is 0 Å². The van der Waals surface area contributed by atoms with E-state index in [1.165, 1.54) is 0 Å². The van der Waals surface area contributed by atoms with Crippen molar-refractivity contribution in [3.63, 3.8) is 0 Å². The number of hydrogen-bond donors (Lipinski definition) is 1. The molecule has 0 saturated carbocycles. The quantitative estimate of drug-likeness (QED) is 0.456. The molecule has 2 aromatic rings. The average Bonchev–Trinajstić information content (AvgIpc) is 2.54. The highest BCUT2D eigenvalue weighted by Gasteiger charge is 2.11. The van der Waals surface area contributed by atoms with E-state index < -0.39 is 0 Å². The van der Waals surface area contributed by atoms with Crippen molar-refractivity contribution >= 4 is 55.8 Å². The molecule has 23 heavy (non-hydrogen) atoms. The van der Waals surface area contributed by atoms with Crippen molar-refractivity contribution in [2.24, 2.45) is 0 Å². The molecule has 0 heterocycles. The topological polar surface area (TPSA) is 30.5 Å². The van der Waals surface area contributed by atoms with Crippen LogP contribution in [0.15, 0.2) is 34.8 Å². The van der Waals surface area contributed by atoms with Gasteiger partial charge in [0.25, 0.3) is 0 Å². The monoisotopic (exact) mass is 509 g/mol. The van der Waals surface area contributed by atoms with Crippen molar-refractivity contribution in [1.82, 2.24) is 0 Å². The van der Waals surface area contributed by atoms with E-state index in [4.69, 9.17) is 21.1 Å². The van der Waals surface area contributed by atoms with Gasteiger partial charge in [-0.1, -0.05) is 18.5 Å². The Bertz CT molecular complexity index is 682. The maximum atomic E-state index is 6.11. The van der Waals surface area contributed by atoms with Crippen molar-refractivity contribution in [2.75, 3.05) is 19.0 Å². The number of halogens is 3. The first kappa shape index (κ1) is 18.7. The second kappa shape index (κ2) is 8.99. The standard InChI is InChI=1S/C17H18BrClINO2/c1-3-6-23-17-15(20)7-11(8-16(17)22-2)10-21-12-4-5-13(18)14(19)9-12/h4-5,7-9,21H,3,6,10H2,1-2H3. The second-order valence-corrected chi connectivity index (χ2v) is 7.36. The highest BCUT2D eigenvalue weighted by molar-refractivity contribution is 14.1. The van der Waals surface area contributed by atoms with E-state index in [1.54, 1.807) is 7.11 Å². The minimum atomic E-state index is 0.679. The van der Waals surface area contributed by atoms with Crippen LogP contribution in [0.2, 0.25) is 5.02 Å². The molecule has 0 saturated heterocycles. The van der Waals surface area contributed by atoms with Gasteiger partial charge in [-0.15, -0.1) is 0 Å². The predicted octanol–water partition coefficient (Wildman–Crippen LogP) is 6.12. The zero-order valence-corrected chi connectivity index (χ0v) is 17.5. The van der Waals surface area contributed by atoms with E-state index in [0.29, 0.717) is 18.2 Å². The van der Waals surface area contributed by atoms with Gasteiger partial charge in [-0.25, -0.2) is 0 Å². The molecule has 3 nitrogen and oxygen atoms in total. The summed E-state index contributed by atoms with van der Waals surface area (Å²) in [5, 5.41) is 4.05. The highest BCUT2D eigenvalue weighted by Crippen LogP contribution is 2.34. The number of hydrogen-bond acceptors (Lipinski definition) is 3. The minimum absolute atomic E-state index is 0.679. The molecule has 0 amide bonds. The van der Waals surface area contributed by atoms with E-state index in [-0.39, 0.29) is 0 Å². The van der Waals surface area contributed by atoms with Crippen molar-refractivity contribution in [3.05, 3.63) is 49.0 Å². The Morgan fingerprint density at radius 1 is 1.26 bits per heavy atom. The molecule has 2 aromatic carbocycles. The fourth-order valence-electron chi connectivity index (χ4n) is 2.03. The fourth-order valence-corrected chi connectivity index (χ4v) is 3.28. The summed E-state index contributed by atoms with van der Waals surface area (Å²) in [6.07, 6.45) is 0.965. The third kappa shape index (κ3) is 5.16. The molecule has 0 fully saturated rings. The van der Waals surface area contributed by atoms with Gasteiger partial charge in [-0.05, 0) is 80.8 Å². The maximum absolute atomic E-state index is 6.11. The summed E-state index contributed by atoms with van der Waals surface area (Å²) in [6.45, 7) is 3.45. The molecule has 0 aromatic heterocycles. The van der Waals surface area contributed by atoms with Crippen molar-refractivity contribution in [2.45, 2.75) is 19.9 Å². The molecule has 0 unspecified atom stereocenters. The van der Waals surface area contributed by atoms with Gasteiger partial charge in [-0.2, -0.15) is 0 Å². The first-order valence-corrected chi connectivity index (χ1v) is 9.48. The van der Waals surface area contributed by atoms with Crippen LogP contribution in [0.3, 0.4) is 0 Å². The number of ether oxygens (including phenoxy) is 2. The molecule has 0 aliphatic rings. The Kier molecular flexibility index (Phi) is 7.30. The van der Waals surface area contributed by atoms with Gasteiger partial charge in [-0.3, -0.25) is 0 Å². The molecule has 0 aliphatic carbocycles. The molecule has 1 N–H and O–H groups in total. The fraction of sp³-hybridized carbons (Fsp3) is 0.294. The van der Waals surface area contributed by atoms with Crippen molar-refractivity contribution in [3.8, 4) is 11.5 Å². The van der Waals surface area contributed by atoms with Gasteiger partial charge in [0.1, 0.15) is 0 Å². The minimum Gasteiger partial charge on any atom is -0.493 e. The second-order valence-electron chi connectivity index (χ2n) is 4.94. The first-order chi connectivity index (χ1) is 11.0. The largest absolute Gasteiger partial charge is 0.493 e. The normalized spacial score (nSPS) is 10.5. The van der Waals surface area contributed by atoms with E-state index in [2.05, 4.69) is 56.8 Å². The van der Waals surface area contributed by atoms with Crippen molar-refractivity contribution < 1.29 is 9.47 Å². The molecule has 0 bridgehead atoms. The number of anilines is 1. The van der Waals surface area contributed by atoms with Crippen LogP contribution in [0.5, 0.6) is 11.5 Å². The Balaban J connectivity index is 2.13. The van der Waals surface area contributed by atoms with Gasteiger partial charge in [0.2, 0.25) is 0 Å². The third-order valence-corrected chi connectivity index (χ3v) is 5.19. The highest BCUT2D eigenvalue weighted by atomic mass is 127. The van der Waals surface area contributed by atoms with E-state index in [1.807, 2.05) is 24.3 Å².